The Balaban J connectivity index is 2.55. The van der Waals surface area contributed by atoms with E-state index in [4.69, 9.17) is 30.4 Å². The van der Waals surface area contributed by atoms with Gasteiger partial charge in [0.15, 0.2) is 11.7 Å². The van der Waals surface area contributed by atoms with Gasteiger partial charge in [-0.3, -0.25) is 0 Å². The van der Waals surface area contributed by atoms with Gasteiger partial charge in [-0.2, -0.15) is 0 Å². The van der Waals surface area contributed by atoms with Crippen molar-refractivity contribution in [2.45, 2.75) is 66.6 Å². The van der Waals surface area contributed by atoms with E-state index in [9.17, 15) is 45.6 Å². The van der Waals surface area contributed by atoms with Gasteiger partial charge in [-0.25, -0.2) is 4.79 Å². The van der Waals surface area contributed by atoms with E-state index in [1.54, 1.807) is 0 Å². The van der Waals surface area contributed by atoms with Gasteiger partial charge in [-0.15, -0.1) is 0 Å². The lowest BCUT2D eigenvalue weighted by atomic mass is 9.73. The Bertz CT molecular complexity index is 613. The molecule has 32 heavy (non-hydrogen) atoms. The zero-order valence-electron chi connectivity index (χ0n) is 17.1. The number of amides is 1. The number of hydrogen-bond acceptors (Lipinski definition) is 14. The molecule has 188 valence electrons. The number of aliphatic hydroxyl groups excluding tert-OH is 8. The second kappa shape index (κ2) is 11.3. The third kappa shape index (κ3) is 4.98. The molecule has 0 aromatic carbocycles. The molecule has 0 aliphatic carbocycles. The first kappa shape index (κ1) is 27.0. The highest BCUT2D eigenvalue weighted by atomic mass is 16.6. The Morgan fingerprint density at radius 2 is 1.62 bits per heavy atom. The van der Waals surface area contributed by atoms with Gasteiger partial charge in [-0.1, -0.05) is 0 Å². The van der Waals surface area contributed by atoms with Gasteiger partial charge in [-0.05, 0) is 0 Å². The standard InChI is InChI=1S/C17H32N2O13/c18-1-2-29-5-8(22)17(14(27)11(25)9(23)7(4-21)32-17)15-12(26)13(31-16(19)28)10(24)6(3-20)30-15/h6-15,20-27H,1-5,18H2,(H2,19,28)/t6-,7+,8?,9-,10-,11+,12+,13+,14+,15+,17?/m1/s1. The van der Waals surface area contributed by atoms with E-state index in [-0.39, 0.29) is 13.2 Å². The molecule has 0 bridgehead atoms. The van der Waals surface area contributed by atoms with Crippen LogP contribution in [0, 0.1) is 0 Å². The molecule has 0 saturated carbocycles. The van der Waals surface area contributed by atoms with Crippen molar-refractivity contribution >= 4 is 6.09 Å². The number of nitrogens with two attached hydrogens (primary N) is 2. The molecule has 15 heteroatoms. The summed E-state index contributed by atoms with van der Waals surface area (Å²) in [7, 11) is 0. The number of carbonyl (C=O) groups excluding carboxylic acids is 1. The van der Waals surface area contributed by atoms with Gasteiger partial charge in [0.2, 0.25) is 0 Å². The zero-order chi connectivity index (χ0) is 24.2. The summed E-state index contributed by atoms with van der Waals surface area (Å²) >= 11 is 0. The monoisotopic (exact) mass is 472 g/mol. The lowest BCUT2D eigenvalue weighted by Crippen LogP contribution is -2.79. The highest BCUT2D eigenvalue weighted by Crippen LogP contribution is 2.42. The summed E-state index contributed by atoms with van der Waals surface area (Å²) in [5.41, 5.74) is 7.83. The van der Waals surface area contributed by atoms with E-state index < -0.39 is 92.6 Å². The Morgan fingerprint density at radius 1 is 1.00 bits per heavy atom. The average Bonchev–Trinajstić information content (AvgIpc) is 2.76. The second-order valence-electron chi connectivity index (χ2n) is 7.66. The summed E-state index contributed by atoms with van der Waals surface area (Å²) in [6, 6.07) is 0. The first-order valence-electron chi connectivity index (χ1n) is 9.94. The fourth-order valence-electron chi connectivity index (χ4n) is 4.06. The van der Waals surface area contributed by atoms with Crippen LogP contribution < -0.4 is 11.5 Å². The third-order valence-corrected chi connectivity index (χ3v) is 5.67. The highest BCUT2D eigenvalue weighted by molar-refractivity contribution is 5.65. The maximum absolute atomic E-state index is 11.3. The maximum atomic E-state index is 11.3. The summed E-state index contributed by atoms with van der Waals surface area (Å²) in [5.74, 6) is 0. The van der Waals surface area contributed by atoms with Crippen molar-refractivity contribution in [3.63, 3.8) is 0 Å². The molecular formula is C17H32N2O13. The predicted molar refractivity (Wildman–Crippen MR) is 101 cm³/mol. The minimum atomic E-state index is -2.51. The van der Waals surface area contributed by atoms with Crippen LogP contribution in [0.3, 0.4) is 0 Å². The van der Waals surface area contributed by atoms with Crippen LogP contribution in [0.4, 0.5) is 4.79 Å². The predicted octanol–water partition coefficient (Wildman–Crippen LogP) is -6.52. The normalized spacial score (nSPS) is 43.6. The summed E-state index contributed by atoms with van der Waals surface area (Å²) < 4.78 is 21.0. The molecule has 2 fully saturated rings. The zero-order valence-corrected chi connectivity index (χ0v) is 17.1. The smallest absolute Gasteiger partial charge is 0.404 e. The molecule has 11 atom stereocenters. The van der Waals surface area contributed by atoms with Crippen molar-refractivity contribution in [2.24, 2.45) is 11.5 Å². The van der Waals surface area contributed by atoms with E-state index in [0.717, 1.165) is 0 Å². The largest absolute Gasteiger partial charge is 0.441 e. The van der Waals surface area contributed by atoms with Gasteiger partial charge in [0.25, 0.3) is 0 Å². The number of carbonyl (C=O) groups is 1. The second-order valence-corrected chi connectivity index (χ2v) is 7.66. The van der Waals surface area contributed by atoms with Crippen LogP contribution >= 0.6 is 0 Å². The number of hydrogen-bond donors (Lipinski definition) is 10. The van der Waals surface area contributed by atoms with Crippen LogP contribution in [0.5, 0.6) is 0 Å². The number of aliphatic hydroxyl groups is 8. The van der Waals surface area contributed by atoms with Gasteiger partial charge in [0.1, 0.15) is 54.9 Å². The summed E-state index contributed by atoms with van der Waals surface area (Å²) in [5, 5.41) is 82.7. The fraction of sp³-hybridized carbons (Fsp3) is 0.941. The van der Waals surface area contributed by atoms with Crippen LogP contribution in [0.1, 0.15) is 0 Å². The van der Waals surface area contributed by atoms with Crippen molar-refractivity contribution in [3.05, 3.63) is 0 Å². The van der Waals surface area contributed by atoms with Gasteiger partial charge < -0.3 is 71.3 Å². The Hall–Kier alpha value is -1.21. The molecule has 2 aliphatic heterocycles. The molecule has 0 spiro atoms. The van der Waals surface area contributed by atoms with Crippen LogP contribution in [-0.2, 0) is 18.9 Å². The van der Waals surface area contributed by atoms with Crippen molar-refractivity contribution in [2.75, 3.05) is 33.0 Å². The molecule has 2 aliphatic rings. The van der Waals surface area contributed by atoms with E-state index in [0.29, 0.717) is 0 Å². The lowest BCUT2D eigenvalue weighted by molar-refractivity contribution is -0.363. The van der Waals surface area contributed by atoms with Crippen molar-refractivity contribution in [1.29, 1.82) is 0 Å². The topological polar surface area (TPSA) is 268 Å². The molecule has 1 amide bonds. The molecule has 2 rings (SSSR count). The minimum absolute atomic E-state index is 0.0304. The Labute approximate surface area is 182 Å². The molecule has 12 N–H and O–H groups in total. The van der Waals surface area contributed by atoms with Crippen molar-refractivity contribution in [3.8, 4) is 0 Å². The lowest BCUT2D eigenvalue weighted by Gasteiger charge is -2.57. The van der Waals surface area contributed by atoms with Crippen LogP contribution in [0.25, 0.3) is 0 Å². The van der Waals surface area contributed by atoms with Gasteiger partial charge >= 0.3 is 6.09 Å². The number of primary amides is 1. The van der Waals surface area contributed by atoms with Crippen LogP contribution in [0.15, 0.2) is 0 Å². The third-order valence-electron chi connectivity index (χ3n) is 5.67. The average molecular weight is 472 g/mol. The molecule has 0 aromatic heterocycles. The maximum Gasteiger partial charge on any atom is 0.404 e. The Morgan fingerprint density at radius 3 is 2.16 bits per heavy atom. The van der Waals surface area contributed by atoms with Crippen LogP contribution in [-0.4, -0.2) is 147 Å². The SMILES string of the molecule is NCCOCC(O)C1([C@H]2O[C@H](CO)[C@@H](O)[C@H](OC(N)=O)[C@@H]2O)O[C@@H](CO)[C@@H](O)[C@H](O)[C@@H]1O. The fourth-order valence-corrected chi connectivity index (χ4v) is 4.06. The Kier molecular flexibility index (Phi) is 9.53. The molecular weight excluding hydrogens is 440 g/mol. The van der Waals surface area contributed by atoms with E-state index in [1.165, 1.54) is 0 Å². The first-order chi connectivity index (χ1) is 15.1. The minimum Gasteiger partial charge on any atom is -0.441 e. The molecule has 0 aromatic rings. The van der Waals surface area contributed by atoms with E-state index >= 15 is 0 Å². The summed E-state index contributed by atoms with van der Waals surface area (Å²) in [6.07, 6.45) is -19.8. The molecule has 2 unspecified atom stereocenters. The quantitative estimate of drug-likeness (QED) is 0.140. The molecule has 2 heterocycles. The summed E-state index contributed by atoms with van der Waals surface area (Å²) in [6.45, 7) is -2.27. The number of rotatable bonds is 9. The van der Waals surface area contributed by atoms with Crippen molar-refractivity contribution in [1.82, 2.24) is 0 Å². The number of ether oxygens (including phenoxy) is 4. The van der Waals surface area contributed by atoms with Gasteiger partial charge in [0, 0.05) is 6.54 Å². The molecule has 15 nitrogen and oxygen atoms in total. The van der Waals surface area contributed by atoms with Crippen LogP contribution in [0.2, 0.25) is 0 Å². The van der Waals surface area contributed by atoms with Gasteiger partial charge in [0.05, 0.1) is 26.4 Å². The first-order valence-corrected chi connectivity index (χ1v) is 9.94. The van der Waals surface area contributed by atoms with Crippen molar-refractivity contribution < 1.29 is 64.6 Å². The summed E-state index contributed by atoms with van der Waals surface area (Å²) in [4.78, 5) is 11.3. The molecule has 0 radical (unpaired) electrons. The molecule has 2 saturated heterocycles. The van der Waals surface area contributed by atoms with E-state index in [1.807, 2.05) is 0 Å². The van der Waals surface area contributed by atoms with E-state index in [2.05, 4.69) is 0 Å². The highest BCUT2D eigenvalue weighted by Gasteiger charge is 2.66.